The number of carbonyl (C=O) groups is 3. The summed E-state index contributed by atoms with van der Waals surface area (Å²) in [6.45, 7) is 2.02. The molecule has 0 saturated carbocycles. The van der Waals surface area contributed by atoms with Crippen molar-refractivity contribution in [3.8, 4) is 5.75 Å². The molecule has 2 aliphatic rings. The summed E-state index contributed by atoms with van der Waals surface area (Å²) in [5.74, 6) is -2.60. The quantitative estimate of drug-likeness (QED) is 0.573. The van der Waals surface area contributed by atoms with Crippen LogP contribution in [0.1, 0.15) is 23.4 Å². The number of thiophene rings is 1. The fourth-order valence-corrected chi connectivity index (χ4v) is 5.45. The Hall–Kier alpha value is -2.71. The summed E-state index contributed by atoms with van der Waals surface area (Å²) in [7, 11) is 1.29. The zero-order chi connectivity index (χ0) is 20.8. The van der Waals surface area contributed by atoms with Crippen molar-refractivity contribution in [2.75, 3.05) is 13.7 Å². The Morgan fingerprint density at radius 3 is 2.55 bits per heavy atom. The molecular weight excluding hydrogens is 392 g/mol. The summed E-state index contributed by atoms with van der Waals surface area (Å²) in [6, 6.07) is 9.80. The number of carbonyl (C=O) groups excluding carboxylic acids is 3. The number of phenols is 1. The molecule has 2 N–H and O–H groups in total. The van der Waals surface area contributed by atoms with Crippen LogP contribution in [0.3, 0.4) is 0 Å². The van der Waals surface area contributed by atoms with E-state index in [-0.39, 0.29) is 30.5 Å². The highest BCUT2D eigenvalue weighted by Crippen LogP contribution is 2.51. The molecule has 3 heterocycles. The largest absolute Gasteiger partial charge is 0.508 e. The maximum Gasteiger partial charge on any atom is 0.327 e. The average molecular weight is 414 g/mol. The number of esters is 1. The maximum atomic E-state index is 13.2. The van der Waals surface area contributed by atoms with E-state index in [1.54, 1.807) is 19.1 Å². The van der Waals surface area contributed by atoms with Gasteiger partial charge in [0.15, 0.2) is 0 Å². The molecule has 0 bridgehead atoms. The van der Waals surface area contributed by atoms with Gasteiger partial charge in [-0.25, -0.2) is 0 Å². The van der Waals surface area contributed by atoms with Crippen LogP contribution >= 0.6 is 11.3 Å². The second kappa shape index (κ2) is 7.27. The van der Waals surface area contributed by atoms with Crippen molar-refractivity contribution in [2.45, 2.75) is 24.9 Å². The normalized spacial score (nSPS) is 28.6. The Balaban J connectivity index is 1.84. The number of amides is 2. The van der Waals surface area contributed by atoms with Gasteiger partial charge in [-0.05, 0) is 36.1 Å². The Morgan fingerprint density at radius 2 is 1.97 bits per heavy atom. The van der Waals surface area contributed by atoms with Crippen molar-refractivity contribution in [1.29, 1.82) is 0 Å². The van der Waals surface area contributed by atoms with Crippen LogP contribution in [0.15, 0.2) is 41.8 Å². The smallest absolute Gasteiger partial charge is 0.327 e. The first-order valence-electron chi connectivity index (χ1n) is 9.45. The summed E-state index contributed by atoms with van der Waals surface area (Å²) in [5.41, 5.74) is -0.622. The topological polar surface area (TPSA) is 95.9 Å². The van der Waals surface area contributed by atoms with E-state index < -0.39 is 29.4 Å². The number of aromatic hydroxyl groups is 1. The second-order valence-electron chi connectivity index (χ2n) is 7.37. The number of hydrogen-bond donors (Lipinski definition) is 2. The molecule has 29 heavy (non-hydrogen) atoms. The number of benzene rings is 1. The fourth-order valence-electron chi connectivity index (χ4n) is 4.63. The predicted octanol–water partition coefficient (Wildman–Crippen LogP) is 1.87. The van der Waals surface area contributed by atoms with Gasteiger partial charge < -0.3 is 9.84 Å². The molecular formula is C21H22N2O5S. The molecule has 4 atom stereocenters. The standard InChI is InChI=1S/C21H22N2O5S/c1-3-23-18(25)15-16(19(23)26)21(20(27)28-2,11-12-6-8-13(24)9-7-12)22-17(15)14-5-4-10-29-14/h4-10,15-17,22,24H,3,11H2,1-2H3/t15-,16-,17+,21+/m0/s1. The lowest BCUT2D eigenvalue weighted by Crippen LogP contribution is -2.57. The van der Waals surface area contributed by atoms with Gasteiger partial charge in [0.05, 0.1) is 25.0 Å². The van der Waals surface area contributed by atoms with Gasteiger partial charge in [-0.2, -0.15) is 0 Å². The van der Waals surface area contributed by atoms with Crippen LogP contribution in [0.25, 0.3) is 0 Å². The summed E-state index contributed by atoms with van der Waals surface area (Å²) in [4.78, 5) is 41.6. The Kier molecular flexibility index (Phi) is 4.92. The first-order valence-corrected chi connectivity index (χ1v) is 10.3. The van der Waals surface area contributed by atoms with Gasteiger partial charge in [-0.15, -0.1) is 11.3 Å². The highest BCUT2D eigenvalue weighted by atomic mass is 32.1. The molecule has 8 heteroatoms. The summed E-state index contributed by atoms with van der Waals surface area (Å²) in [6.07, 6.45) is 0.166. The van der Waals surface area contributed by atoms with Crippen LogP contribution in [0.4, 0.5) is 0 Å². The van der Waals surface area contributed by atoms with E-state index in [0.717, 1.165) is 10.4 Å². The van der Waals surface area contributed by atoms with E-state index in [0.29, 0.717) is 0 Å². The lowest BCUT2D eigenvalue weighted by Gasteiger charge is -2.32. The minimum atomic E-state index is -1.37. The van der Waals surface area contributed by atoms with Gasteiger partial charge in [0.25, 0.3) is 0 Å². The molecule has 1 aromatic carbocycles. The molecule has 2 aliphatic heterocycles. The molecule has 2 aromatic rings. The van der Waals surface area contributed by atoms with Crippen molar-refractivity contribution in [3.63, 3.8) is 0 Å². The van der Waals surface area contributed by atoms with Crippen molar-refractivity contribution in [1.82, 2.24) is 10.2 Å². The van der Waals surface area contributed by atoms with Gasteiger partial charge in [0.1, 0.15) is 11.3 Å². The lowest BCUT2D eigenvalue weighted by molar-refractivity contribution is -0.154. The molecule has 7 nitrogen and oxygen atoms in total. The van der Waals surface area contributed by atoms with Crippen LogP contribution in [0.5, 0.6) is 5.75 Å². The highest BCUT2D eigenvalue weighted by Gasteiger charge is 2.68. The molecule has 0 aliphatic carbocycles. The van der Waals surface area contributed by atoms with Gasteiger partial charge in [-0.1, -0.05) is 18.2 Å². The fraction of sp³-hybridized carbons (Fsp3) is 0.381. The molecule has 2 amide bonds. The highest BCUT2D eigenvalue weighted by molar-refractivity contribution is 7.10. The number of hydrogen-bond acceptors (Lipinski definition) is 7. The number of rotatable bonds is 5. The number of phenolic OH excluding ortho intramolecular Hbond substituents is 1. The van der Waals surface area contributed by atoms with Crippen molar-refractivity contribution >= 4 is 29.1 Å². The van der Waals surface area contributed by atoms with Gasteiger partial charge in [-0.3, -0.25) is 24.6 Å². The van der Waals surface area contributed by atoms with Gasteiger partial charge in [0.2, 0.25) is 11.8 Å². The lowest BCUT2D eigenvalue weighted by atomic mass is 9.76. The number of imide groups is 1. The predicted molar refractivity (Wildman–Crippen MR) is 106 cm³/mol. The van der Waals surface area contributed by atoms with Gasteiger partial charge >= 0.3 is 5.97 Å². The second-order valence-corrected chi connectivity index (χ2v) is 8.35. The maximum absolute atomic E-state index is 13.2. The zero-order valence-corrected chi connectivity index (χ0v) is 16.9. The zero-order valence-electron chi connectivity index (χ0n) is 16.1. The van der Waals surface area contributed by atoms with Crippen LogP contribution in [-0.4, -0.2) is 47.0 Å². The van der Waals surface area contributed by atoms with E-state index >= 15 is 0 Å². The van der Waals surface area contributed by atoms with Crippen LogP contribution < -0.4 is 5.32 Å². The number of nitrogens with one attached hydrogen (secondary N) is 1. The van der Waals surface area contributed by atoms with E-state index in [9.17, 15) is 19.5 Å². The Labute approximate surface area is 172 Å². The van der Waals surface area contributed by atoms with Crippen molar-refractivity contribution < 1.29 is 24.2 Å². The summed E-state index contributed by atoms with van der Waals surface area (Å²) in [5, 5.41) is 14.8. The van der Waals surface area contributed by atoms with E-state index in [2.05, 4.69) is 5.32 Å². The molecule has 1 aromatic heterocycles. The molecule has 2 saturated heterocycles. The van der Waals surface area contributed by atoms with Gasteiger partial charge in [0, 0.05) is 17.8 Å². The summed E-state index contributed by atoms with van der Waals surface area (Å²) < 4.78 is 5.13. The van der Waals surface area contributed by atoms with Crippen LogP contribution in [0, 0.1) is 11.8 Å². The number of ether oxygens (including phenoxy) is 1. The third-order valence-electron chi connectivity index (χ3n) is 5.88. The number of likely N-dealkylation sites (tertiary alicyclic amines) is 1. The third-order valence-corrected chi connectivity index (χ3v) is 6.84. The number of methoxy groups -OCH3 is 1. The molecule has 0 radical (unpaired) electrons. The van der Waals surface area contributed by atoms with Crippen LogP contribution in [-0.2, 0) is 25.5 Å². The van der Waals surface area contributed by atoms with E-state index in [1.165, 1.54) is 35.5 Å². The van der Waals surface area contributed by atoms with E-state index in [4.69, 9.17) is 4.74 Å². The molecule has 0 unspecified atom stereocenters. The van der Waals surface area contributed by atoms with Crippen LogP contribution in [0.2, 0.25) is 0 Å². The molecule has 4 rings (SSSR count). The Morgan fingerprint density at radius 1 is 1.24 bits per heavy atom. The minimum absolute atomic E-state index is 0.110. The monoisotopic (exact) mass is 414 g/mol. The first-order chi connectivity index (χ1) is 13.9. The number of nitrogens with zero attached hydrogens (tertiary/aromatic N) is 1. The summed E-state index contributed by atoms with van der Waals surface area (Å²) >= 11 is 1.48. The molecule has 2 fully saturated rings. The SMILES string of the molecule is CCN1C(=O)[C@@H]2[C@@H](c3cccs3)N[C@@](Cc3ccc(O)cc3)(C(=O)OC)[C@@H]2C1=O. The first kappa shape index (κ1) is 19.6. The van der Waals surface area contributed by atoms with E-state index in [1.807, 2.05) is 17.5 Å². The molecule has 152 valence electrons. The Bertz CT molecular complexity index is 942. The van der Waals surface area contributed by atoms with Crippen molar-refractivity contribution in [2.24, 2.45) is 11.8 Å². The minimum Gasteiger partial charge on any atom is -0.508 e. The molecule has 0 spiro atoms. The average Bonchev–Trinajstić information content (AvgIpc) is 3.41. The third kappa shape index (κ3) is 2.94. The van der Waals surface area contributed by atoms with Crippen molar-refractivity contribution in [3.05, 3.63) is 52.2 Å². The number of fused-ring (bicyclic) bond motifs is 1.